The highest BCUT2D eigenvalue weighted by molar-refractivity contribution is 5.74. The summed E-state index contributed by atoms with van der Waals surface area (Å²) in [4.78, 5) is 11.1. The second kappa shape index (κ2) is 3.41. The van der Waals surface area contributed by atoms with Crippen molar-refractivity contribution in [2.24, 2.45) is 0 Å². The van der Waals surface area contributed by atoms with E-state index >= 15 is 0 Å². The topological polar surface area (TPSA) is 44.8 Å². The van der Waals surface area contributed by atoms with Crippen LogP contribution in [0.4, 0.5) is 0 Å². The normalized spacial score (nSPS) is 28.1. The van der Waals surface area contributed by atoms with Gasteiger partial charge in [-0.05, 0) is 13.8 Å². The maximum Gasteiger partial charge on any atom is 0.335 e. The van der Waals surface area contributed by atoms with E-state index in [1.807, 2.05) is 0 Å². The molecule has 4 heteroatoms. The summed E-state index contributed by atoms with van der Waals surface area (Å²) < 4.78 is 15.2. The predicted molar refractivity (Wildman–Crippen MR) is 41.5 cm³/mol. The number of esters is 1. The zero-order valence-electron chi connectivity index (χ0n) is 7.62. The highest BCUT2D eigenvalue weighted by Crippen LogP contribution is 2.22. The molecule has 0 spiro atoms. The number of ether oxygens (including phenoxy) is 3. The number of hydrogen-bond acceptors (Lipinski definition) is 4. The highest BCUT2D eigenvalue weighted by atomic mass is 16.7. The van der Waals surface area contributed by atoms with E-state index in [0.29, 0.717) is 13.0 Å². The molecule has 0 aromatic carbocycles. The van der Waals surface area contributed by atoms with Crippen LogP contribution in [0.15, 0.2) is 0 Å². The molecular weight excluding hydrogens is 160 g/mol. The van der Waals surface area contributed by atoms with Crippen LogP contribution in [0.3, 0.4) is 0 Å². The van der Waals surface area contributed by atoms with E-state index in [0.717, 1.165) is 0 Å². The Balaban J connectivity index is 2.52. The van der Waals surface area contributed by atoms with Crippen LogP contribution < -0.4 is 0 Å². The van der Waals surface area contributed by atoms with Crippen molar-refractivity contribution in [1.82, 2.24) is 0 Å². The summed E-state index contributed by atoms with van der Waals surface area (Å²) in [6.07, 6.45) is 0.0922. The lowest BCUT2D eigenvalue weighted by atomic mass is 10.2. The summed E-state index contributed by atoms with van der Waals surface area (Å²) in [5, 5.41) is 0. The van der Waals surface area contributed by atoms with E-state index in [2.05, 4.69) is 4.74 Å². The van der Waals surface area contributed by atoms with Crippen LogP contribution in [0.1, 0.15) is 20.3 Å². The minimum absolute atomic E-state index is 0.327. The van der Waals surface area contributed by atoms with Gasteiger partial charge in [0.15, 0.2) is 11.9 Å². The van der Waals surface area contributed by atoms with Gasteiger partial charge in [0.2, 0.25) is 0 Å². The molecule has 12 heavy (non-hydrogen) atoms. The lowest BCUT2D eigenvalue weighted by Gasteiger charge is -2.34. The Morgan fingerprint density at radius 3 is 2.75 bits per heavy atom. The summed E-state index contributed by atoms with van der Waals surface area (Å²) in [5.74, 6) is -0.997. The molecule has 1 saturated heterocycles. The molecule has 1 heterocycles. The number of hydrogen-bond donors (Lipinski definition) is 0. The molecule has 0 aromatic rings. The Labute approximate surface area is 71.8 Å². The number of methoxy groups -OCH3 is 1. The minimum atomic E-state index is -0.670. The second-order valence-electron chi connectivity index (χ2n) is 3.17. The van der Waals surface area contributed by atoms with Crippen molar-refractivity contribution >= 4 is 5.97 Å². The molecule has 0 saturated carbocycles. The molecule has 0 aliphatic carbocycles. The number of carbonyl (C=O) groups excluding carboxylic acids is 1. The zero-order chi connectivity index (χ0) is 9.19. The largest absolute Gasteiger partial charge is 0.467 e. The van der Waals surface area contributed by atoms with E-state index in [-0.39, 0.29) is 5.97 Å². The maximum atomic E-state index is 11.1. The molecule has 1 rings (SSSR count). The Morgan fingerprint density at radius 2 is 2.25 bits per heavy atom. The van der Waals surface area contributed by atoms with E-state index < -0.39 is 11.9 Å². The number of rotatable bonds is 1. The van der Waals surface area contributed by atoms with Crippen molar-refractivity contribution in [1.29, 1.82) is 0 Å². The van der Waals surface area contributed by atoms with Crippen molar-refractivity contribution in [2.45, 2.75) is 32.2 Å². The molecule has 0 bridgehead atoms. The van der Waals surface area contributed by atoms with Gasteiger partial charge < -0.3 is 14.2 Å². The Morgan fingerprint density at radius 1 is 1.58 bits per heavy atom. The average Bonchev–Trinajstić information content (AvgIpc) is 2.01. The van der Waals surface area contributed by atoms with Gasteiger partial charge in [-0.3, -0.25) is 0 Å². The van der Waals surface area contributed by atoms with Gasteiger partial charge in [0, 0.05) is 6.42 Å². The first-order valence-electron chi connectivity index (χ1n) is 3.95. The third kappa shape index (κ3) is 2.19. The maximum absolute atomic E-state index is 11.1. The van der Waals surface area contributed by atoms with Crippen LogP contribution in [-0.2, 0) is 19.0 Å². The Bertz CT molecular complexity index is 176. The van der Waals surface area contributed by atoms with Gasteiger partial charge in [-0.25, -0.2) is 4.79 Å². The first-order chi connectivity index (χ1) is 5.55. The van der Waals surface area contributed by atoms with Crippen molar-refractivity contribution < 1.29 is 19.0 Å². The van der Waals surface area contributed by atoms with Crippen LogP contribution in [0.5, 0.6) is 0 Å². The summed E-state index contributed by atoms with van der Waals surface area (Å²) in [6, 6.07) is 0. The van der Waals surface area contributed by atoms with Crippen molar-refractivity contribution in [3.8, 4) is 0 Å². The van der Waals surface area contributed by atoms with E-state index in [4.69, 9.17) is 9.47 Å². The Hall–Kier alpha value is -0.610. The van der Waals surface area contributed by atoms with Crippen molar-refractivity contribution in [2.75, 3.05) is 13.7 Å². The molecule has 0 N–H and O–H groups in total. The first-order valence-corrected chi connectivity index (χ1v) is 3.95. The van der Waals surface area contributed by atoms with Crippen LogP contribution in [-0.4, -0.2) is 31.6 Å². The summed E-state index contributed by atoms with van der Waals surface area (Å²) in [7, 11) is 1.36. The minimum Gasteiger partial charge on any atom is -0.467 e. The van der Waals surface area contributed by atoms with Gasteiger partial charge in [-0.1, -0.05) is 0 Å². The lowest BCUT2D eigenvalue weighted by Crippen LogP contribution is -2.43. The van der Waals surface area contributed by atoms with Crippen LogP contribution in [0.25, 0.3) is 0 Å². The molecule has 1 fully saturated rings. The monoisotopic (exact) mass is 174 g/mol. The zero-order valence-corrected chi connectivity index (χ0v) is 7.62. The molecule has 1 aliphatic heterocycles. The van der Waals surface area contributed by atoms with Crippen LogP contribution >= 0.6 is 0 Å². The first kappa shape index (κ1) is 9.48. The molecule has 0 radical (unpaired) electrons. The summed E-state index contributed by atoms with van der Waals surface area (Å²) in [6.45, 7) is 4.09. The van der Waals surface area contributed by atoms with Gasteiger partial charge >= 0.3 is 5.97 Å². The average molecular weight is 174 g/mol. The molecular formula is C8H14O4. The molecule has 4 nitrogen and oxygen atoms in total. The van der Waals surface area contributed by atoms with Gasteiger partial charge in [0.25, 0.3) is 0 Å². The van der Waals surface area contributed by atoms with E-state index in [9.17, 15) is 4.79 Å². The van der Waals surface area contributed by atoms with E-state index in [1.165, 1.54) is 7.11 Å². The molecule has 1 atom stereocenters. The fourth-order valence-corrected chi connectivity index (χ4v) is 1.14. The third-order valence-corrected chi connectivity index (χ3v) is 1.72. The molecule has 1 aliphatic rings. The molecule has 0 unspecified atom stereocenters. The smallest absolute Gasteiger partial charge is 0.335 e. The molecule has 0 amide bonds. The van der Waals surface area contributed by atoms with Crippen molar-refractivity contribution in [3.63, 3.8) is 0 Å². The van der Waals surface area contributed by atoms with E-state index in [1.54, 1.807) is 13.8 Å². The fraction of sp³-hybridized carbons (Fsp3) is 0.875. The van der Waals surface area contributed by atoms with Crippen LogP contribution in [0.2, 0.25) is 0 Å². The van der Waals surface area contributed by atoms with Gasteiger partial charge in [0.05, 0.1) is 13.7 Å². The third-order valence-electron chi connectivity index (χ3n) is 1.72. The molecule has 0 aromatic heterocycles. The summed E-state index contributed by atoms with van der Waals surface area (Å²) in [5.41, 5.74) is 0. The Kier molecular flexibility index (Phi) is 2.69. The van der Waals surface area contributed by atoms with Crippen LogP contribution in [0, 0.1) is 0 Å². The number of carbonyl (C=O) groups is 1. The standard InChI is InChI=1S/C8H14O4/c1-8(2)11-5-4-6(12-8)7(9)10-3/h6H,4-5H2,1-3H3/t6-/m1/s1. The summed E-state index contributed by atoms with van der Waals surface area (Å²) >= 11 is 0. The van der Waals surface area contributed by atoms with Gasteiger partial charge in [-0.2, -0.15) is 0 Å². The lowest BCUT2D eigenvalue weighted by molar-refractivity contribution is -0.272. The van der Waals surface area contributed by atoms with Gasteiger partial charge in [-0.15, -0.1) is 0 Å². The predicted octanol–water partition coefficient (Wildman–Crippen LogP) is 0.701. The van der Waals surface area contributed by atoms with Gasteiger partial charge in [0.1, 0.15) is 0 Å². The van der Waals surface area contributed by atoms with Crippen molar-refractivity contribution in [3.05, 3.63) is 0 Å². The SMILES string of the molecule is COC(=O)[C@H]1CCOC(C)(C)O1. The second-order valence-corrected chi connectivity index (χ2v) is 3.17. The fourth-order valence-electron chi connectivity index (χ4n) is 1.14. The quantitative estimate of drug-likeness (QED) is 0.549. The molecule has 70 valence electrons. The highest BCUT2D eigenvalue weighted by Gasteiger charge is 2.33.